The molecular weight excluding hydrogens is 266 g/mol. The Kier molecular flexibility index (Phi) is 5.03. The molecule has 0 radical (unpaired) electrons. The van der Waals surface area contributed by atoms with Gasteiger partial charge in [-0.05, 0) is 66.9 Å². The summed E-state index contributed by atoms with van der Waals surface area (Å²) in [6.45, 7) is 4.66. The van der Waals surface area contributed by atoms with E-state index in [-0.39, 0.29) is 0 Å². The molecule has 2 aliphatic rings. The van der Waals surface area contributed by atoms with Crippen molar-refractivity contribution in [1.29, 1.82) is 0 Å². The summed E-state index contributed by atoms with van der Waals surface area (Å²) in [5.41, 5.74) is 9.06. The van der Waals surface area contributed by atoms with E-state index in [9.17, 15) is 0 Å². The van der Waals surface area contributed by atoms with Gasteiger partial charge in [-0.25, -0.2) is 0 Å². The van der Waals surface area contributed by atoms with E-state index < -0.39 is 0 Å². The Morgan fingerprint density at radius 2 is 1.64 bits per heavy atom. The molecule has 0 unspecified atom stereocenters. The van der Waals surface area contributed by atoms with Gasteiger partial charge in [-0.2, -0.15) is 0 Å². The molecule has 2 saturated carbocycles. The third kappa shape index (κ3) is 3.01. The van der Waals surface area contributed by atoms with Crippen LogP contribution in [0, 0.1) is 11.8 Å². The van der Waals surface area contributed by atoms with Crippen molar-refractivity contribution >= 4 is 0 Å². The lowest BCUT2D eigenvalue weighted by Crippen LogP contribution is -2.39. The molecule has 2 fully saturated rings. The highest BCUT2D eigenvalue weighted by atomic mass is 14.5. The van der Waals surface area contributed by atoms with Crippen LogP contribution in [0.3, 0.4) is 0 Å². The summed E-state index contributed by atoms with van der Waals surface area (Å²) in [6, 6.07) is 9.27. The van der Waals surface area contributed by atoms with Crippen molar-refractivity contribution in [2.45, 2.75) is 69.7 Å². The zero-order chi connectivity index (χ0) is 15.4. The van der Waals surface area contributed by atoms with Gasteiger partial charge in [0.2, 0.25) is 0 Å². The van der Waals surface area contributed by atoms with Gasteiger partial charge in [-0.1, -0.05) is 49.6 Å². The minimum atomic E-state index is 0.442. The zero-order valence-electron chi connectivity index (χ0n) is 13.9. The lowest BCUT2D eigenvalue weighted by Gasteiger charge is -2.47. The molecule has 2 aliphatic carbocycles. The van der Waals surface area contributed by atoms with Gasteiger partial charge in [0.1, 0.15) is 0 Å². The molecule has 0 aliphatic heterocycles. The van der Waals surface area contributed by atoms with E-state index in [1.807, 2.05) is 0 Å². The average molecular weight is 297 g/mol. The van der Waals surface area contributed by atoms with Crippen molar-refractivity contribution in [1.82, 2.24) is 0 Å². The summed E-state index contributed by atoms with van der Waals surface area (Å²) < 4.78 is 0. The minimum Gasteiger partial charge on any atom is -0.326 e. The smallest absolute Gasteiger partial charge is 0.0178 e. The molecule has 0 aromatic heterocycles. The van der Waals surface area contributed by atoms with E-state index in [1.165, 1.54) is 63.4 Å². The lowest BCUT2D eigenvalue weighted by molar-refractivity contribution is 0.136. The minimum absolute atomic E-state index is 0.442. The molecular formula is C21H31N. The number of hydrogen-bond donors (Lipinski definition) is 1. The molecule has 3 rings (SSSR count). The normalized spacial score (nSPS) is 28.2. The number of rotatable bonds is 4. The van der Waals surface area contributed by atoms with Crippen LogP contribution in [0.5, 0.6) is 0 Å². The first-order valence-corrected chi connectivity index (χ1v) is 9.20. The molecule has 0 amide bonds. The first-order valence-electron chi connectivity index (χ1n) is 9.20. The largest absolute Gasteiger partial charge is 0.326 e. The van der Waals surface area contributed by atoms with Gasteiger partial charge in [0.25, 0.3) is 0 Å². The average Bonchev–Trinajstić information content (AvgIpc) is 2.62. The topological polar surface area (TPSA) is 26.0 Å². The van der Waals surface area contributed by atoms with Crippen molar-refractivity contribution < 1.29 is 0 Å². The van der Waals surface area contributed by atoms with E-state index in [0.717, 1.165) is 11.8 Å². The van der Waals surface area contributed by atoms with E-state index in [1.54, 1.807) is 5.56 Å². The van der Waals surface area contributed by atoms with E-state index >= 15 is 0 Å². The Balaban J connectivity index is 1.85. The predicted octanol–water partition coefficient (Wildman–Crippen LogP) is 5.34. The molecule has 120 valence electrons. The quantitative estimate of drug-likeness (QED) is 0.746. The van der Waals surface area contributed by atoms with Crippen LogP contribution in [-0.2, 0) is 12.0 Å². The fourth-order valence-corrected chi connectivity index (χ4v) is 5.00. The summed E-state index contributed by atoms with van der Waals surface area (Å²) in [5, 5.41) is 0. The highest BCUT2D eigenvalue weighted by Gasteiger charge is 2.42. The summed E-state index contributed by atoms with van der Waals surface area (Å²) in [4.78, 5) is 0. The molecule has 1 nitrogen and oxygen atoms in total. The standard InChI is InChI=1S/C21H31N/c1-2-17-6-10-19(11-7-17)21(14-4-3-5-15-21)20-12-8-18(16-22)9-13-20/h2,8-9,12-13,17,19H,1,3-7,10-11,14-16,22H2/t17-,19-. The number of allylic oxidation sites excluding steroid dienone is 1. The Hall–Kier alpha value is -1.08. The third-order valence-electron chi connectivity index (χ3n) is 6.40. The van der Waals surface area contributed by atoms with Crippen molar-refractivity contribution in [2.75, 3.05) is 0 Å². The lowest BCUT2D eigenvalue weighted by atomic mass is 9.58. The highest BCUT2D eigenvalue weighted by molar-refractivity contribution is 5.31. The molecule has 22 heavy (non-hydrogen) atoms. The van der Waals surface area contributed by atoms with Gasteiger partial charge in [0.15, 0.2) is 0 Å². The van der Waals surface area contributed by atoms with Crippen LogP contribution in [0.1, 0.15) is 68.9 Å². The van der Waals surface area contributed by atoms with Gasteiger partial charge >= 0.3 is 0 Å². The van der Waals surface area contributed by atoms with Crippen molar-refractivity contribution in [3.8, 4) is 0 Å². The third-order valence-corrected chi connectivity index (χ3v) is 6.40. The second-order valence-corrected chi connectivity index (χ2v) is 7.47. The maximum absolute atomic E-state index is 5.78. The van der Waals surface area contributed by atoms with Gasteiger partial charge in [0, 0.05) is 6.54 Å². The first-order chi connectivity index (χ1) is 10.8. The van der Waals surface area contributed by atoms with Crippen LogP contribution in [0.15, 0.2) is 36.9 Å². The second-order valence-electron chi connectivity index (χ2n) is 7.47. The summed E-state index contributed by atoms with van der Waals surface area (Å²) >= 11 is 0. The molecule has 1 aromatic rings. The maximum Gasteiger partial charge on any atom is 0.0178 e. The molecule has 0 heterocycles. The van der Waals surface area contributed by atoms with Gasteiger partial charge in [-0.3, -0.25) is 0 Å². The Labute approximate surface area is 136 Å². The Bertz CT molecular complexity index is 473. The molecule has 0 atom stereocenters. The number of hydrogen-bond acceptors (Lipinski definition) is 1. The summed E-state index contributed by atoms with van der Waals surface area (Å²) in [7, 11) is 0. The molecule has 2 N–H and O–H groups in total. The molecule has 1 heteroatoms. The highest BCUT2D eigenvalue weighted by Crippen LogP contribution is 2.50. The zero-order valence-corrected chi connectivity index (χ0v) is 13.9. The van der Waals surface area contributed by atoms with E-state index in [2.05, 4.69) is 36.9 Å². The molecule has 1 aromatic carbocycles. The number of benzene rings is 1. The van der Waals surface area contributed by atoms with E-state index in [0.29, 0.717) is 12.0 Å². The van der Waals surface area contributed by atoms with Crippen molar-refractivity contribution in [2.24, 2.45) is 17.6 Å². The monoisotopic (exact) mass is 297 g/mol. The van der Waals surface area contributed by atoms with Crippen LogP contribution in [-0.4, -0.2) is 0 Å². The van der Waals surface area contributed by atoms with Crippen LogP contribution < -0.4 is 5.73 Å². The SMILES string of the molecule is C=C[C@H]1CC[C@H](C2(c3ccc(CN)cc3)CCCCC2)CC1. The van der Waals surface area contributed by atoms with Crippen LogP contribution in [0.25, 0.3) is 0 Å². The van der Waals surface area contributed by atoms with Gasteiger partial charge < -0.3 is 5.73 Å². The summed E-state index contributed by atoms with van der Waals surface area (Å²) in [6.07, 6.45) is 14.6. The van der Waals surface area contributed by atoms with Gasteiger partial charge in [-0.15, -0.1) is 6.58 Å². The Morgan fingerprint density at radius 1 is 1.00 bits per heavy atom. The maximum atomic E-state index is 5.78. The predicted molar refractivity (Wildman–Crippen MR) is 94.7 cm³/mol. The van der Waals surface area contributed by atoms with Gasteiger partial charge in [0.05, 0.1) is 0 Å². The first kappa shape index (κ1) is 15.8. The van der Waals surface area contributed by atoms with Crippen LogP contribution in [0.2, 0.25) is 0 Å². The van der Waals surface area contributed by atoms with Crippen LogP contribution in [0.4, 0.5) is 0 Å². The summed E-state index contributed by atoms with van der Waals surface area (Å²) in [5.74, 6) is 1.63. The fourth-order valence-electron chi connectivity index (χ4n) is 5.00. The molecule has 0 saturated heterocycles. The molecule has 0 bridgehead atoms. The fraction of sp³-hybridized carbons (Fsp3) is 0.619. The van der Waals surface area contributed by atoms with Crippen LogP contribution >= 0.6 is 0 Å². The number of nitrogens with two attached hydrogens (primary N) is 1. The molecule has 0 spiro atoms. The van der Waals surface area contributed by atoms with Crippen molar-refractivity contribution in [3.05, 3.63) is 48.0 Å². The second kappa shape index (κ2) is 7.00. The van der Waals surface area contributed by atoms with Crippen molar-refractivity contribution in [3.63, 3.8) is 0 Å². The van der Waals surface area contributed by atoms with E-state index in [4.69, 9.17) is 5.73 Å². The Morgan fingerprint density at radius 3 is 2.18 bits per heavy atom.